The maximum atomic E-state index is 12.5. The summed E-state index contributed by atoms with van der Waals surface area (Å²) in [6.07, 6.45) is -0.589. The van der Waals surface area contributed by atoms with Crippen molar-refractivity contribution < 1.29 is 14.3 Å². The van der Waals surface area contributed by atoms with Gasteiger partial charge in [0.05, 0.1) is 0 Å². The van der Waals surface area contributed by atoms with E-state index in [0.717, 1.165) is 21.4 Å². The highest BCUT2D eigenvalue weighted by molar-refractivity contribution is 9.10. The Morgan fingerprint density at radius 2 is 1.88 bits per heavy atom. The minimum Gasteiger partial charge on any atom is -0.445 e. The number of benzene rings is 2. The number of carbonyl (C=O) groups is 2. The summed E-state index contributed by atoms with van der Waals surface area (Å²) in [4.78, 5) is 26.1. The van der Waals surface area contributed by atoms with Gasteiger partial charge < -0.3 is 15.0 Å². The standard InChI is InChI=1S/C19H19BrN2O3S/c20-16-8-6-15(7-9-16)18-22(10-11-26-18)17(23)12-21-19(24)25-13-14-4-2-1-3-5-14/h1-9,18H,10-13H2,(H,21,24). The molecule has 0 radical (unpaired) electrons. The molecule has 1 N–H and O–H groups in total. The fourth-order valence-electron chi connectivity index (χ4n) is 2.65. The first-order chi connectivity index (χ1) is 12.6. The minimum absolute atomic E-state index is 0.0160. The molecular formula is C19H19BrN2O3S. The monoisotopic (exact) mass is 434 g/mol. The lowest BCUT2D eigenvalue weighted by Crippen LogP contribution is -2.39. The van der Waals surface area contributed by atoms with Crippen LogP contribution >= 0.6 is 27.7 Å². The molecule has 26 heavy (non-hydrogen) atoms. The van der Waals surface area contributed by atoms with E-state index in [0.29, 0.717) is 6.54 Å². The van der Waals surface area contributed by atoms with Crippen LogP contribution in [0.5, 0.6) is 0 Å². The number of alkyl carbamates (subject to hydrolysis) is 1. The molecule has 0 saturated carbocycles. The topological polar surface area (TPSA) is 58.6 Å². The van der Waals surface area contributed by atoms with Gasteiger partial charge in [-0.25, -0.2) is 4.79 Å². The van der Waals surface area contributed by atoms with Crippen molar-refractivity contribution in [1.82, 2.24) is 10.2 Å². The molecular weight excluding hydrogens is 416 g/mol. The molecule has 1 aliphatic rings. The van der Waals surface area contributed by atoms with Crippen LogP contribution in [-0.4, -0.2) is 35.7 Å². The Kier molecular flexibility index (Phi) is 6.57. The van der Waals surface area contributed by atoms with Crippen LogP contribution in [0.2, 0.25) is 0 Å². The van der Waals surface area contributed by atoms with Gasteiger partial charge in [0.25, 0.3) is 0 Å². The van der Waals surface area contributed by atoms with Crippen molar-refractivity contribution in [3.05, 3.63) is 70.2 Å². The smallest absolute Gasteiger partial charge is 0.407 e. The second kappa shape index (κ2) is 9.09. The van der Waals surface area contributed by atoms with Gasteiger partial charge in [0, 0.05) is 16.8 Å². The highest BCUT2D eigenvalue weighted by Gasteiger charge is 2.30. The second-order valence-electron chi connectivity index (χ2n) is 5.78. The molecule has 0 aliphatic carbocycles. The maximum Gasteiger partial charge on any atom is 0.407 e. The summed E-state index contributed by atoms with van der Waals surface area (Å²) in [5.41, 5.74) is 1.98. The van der Waals surface area contributed by atoms with Gasteiger partial charge in [-0.2, -0.15) is 0 Å². The Morgan fingerprint density at radius 3 is 2.62 bits per heavy atom. The molecule has 1 heterocycles. The third-order valence-corrected chi connectivity index (χ3v) is 5.75. The van der Waals surface area contributed by atoms with E-state index in [1.807, 2.05) is 54.6 Å². The Bertz CT molecular complexity index is 755. The molecule has 0 bridgehead atoms. The number of hydrogen-bond donors (Lipinski definition) is 1. The van der Waals surface area contributed by atoms with Crippen LogP contribution in [0.3, 0.4) is 0 Å². The lowest BCUT2D eigenvalue weighted by atomic mass is 10.2. The first kappa shape index (κ1) is 18.8. The molecule has 1 aliphatic heterocycles. The lowest BCUT2D eigenvalue weighted by Gasteiger charge is -2.24. The summed E-state index contributed by atoms with van der Waals surface area (Å²) in [7, 11) is 0. The fourth-order valence-corrected chi connectivity index (χ4v) is 4.19. The Hall–Kier alpha value is -1.99. The number of thioether (sulfide) groups is 1. The molecule has 0 spiro atoms. The van der Waals surface area contributed by atoms with Crippen molar-refractivity contribution in [3.8, 4) is 0 Å². The molecule has 1 fully saturated rings. The van der Waals surface area contributed by atoms with E-state index < -0.39 is 6.09 Å². The van der Waals surface area contributed by atoms with Gasteiger partial charge in [0.1, 0.15) is 18.5 Å². The zero-order chi connectivity index (χ0) is 18.4. The van der Waals surface area contributed by atoms with Gasteiger partial charge in [-0.1, -0.05) is 58.4 Å². The number of amides is 2. The van der Waals surface area contributed by atoms with Crippen molar-refractivity contribution in [1.29, 1.82) is 0 Å². The van der Waals surface area contributed by atoms with Crippen LogP contribution in [0, 0.1) is 0 Å². The summed E-state index contributed by atoms with van der Waals surface area (Å²) in [6, 6.07) is 17.4. The predicted molar refractivity (Wildman–Crippen MR) is 106 cm³/mol. The van der Waals surface area contributed by atoms with Gasteiger partial charge in [-0.3, -0.25) is 4.79 Å². The average Bonchev–Trinajstić information content (AvgIpc) is 3.16. The predicted octanol–water partition coefficient (Wildman–Crippen LogP) is 3.95. The quantitative estimate of drug-likeness (QED) is 0.773. The molecule has 0 aromatic heterocycles. The van der Waals surface area contributed by atoms with E-state index in [1.54, 1.807) is 16.7 Å². The van der Waals surface area contributed by atoms with E-state index in [1.165, 1.54) is 0 Å². The molecule has 2 aromatic rings. The number of halogens is 1. The van der Waals surface area contributed by atoms with E-state index in [4.69, 9.17) is 4.74 Å². The average molecular weight is 435 g/mol. The van der Waals surface area contributed by atoms with Gasteiger partial charge in [0.15, 0.2) is 0 Å². The summed E-state index contributed by atoms with van der Waals surface area (Å²) >= 11 is 5.15. The van der Waals surface area contributed by atoms with E-state index in [-0.39, 0.29) is 24.4 Å². The second-order valence-corrected chi connectivity index (χ2v) is 7.88. The van der Waals surface area contributed by atoms with Gasteiger partial charge in [-0.15, -0.1) is 11.8 Å². The Balaban J connectivity index is 1.49. The van der Waals surface area contributed by atoms with Crippen LogP contribution in [0.4, 0.5) is 4.79 Å². The number of carbonyl (C=O) groups excluding carboxylic acids is 2. The lowest BCUT2D eigenvalue weighted by molar-refractivity contribution is -0.130. The number of rotatable bonds is 5. The fraction of sp³-hybridized carbons (Fsp3) is 0.263. The van der Waals surface area contributed by atoms with Crippen molar-refractivity contribution in [2.24, 2.45) is 0 Å². The zero-order valence-corrected chi connectivity index (χ0v) is 16.5. The van der Waals surface area contributed by atoms with Crippen molar-refractivity contribution in [2.45, 2.75) is 12.0 Å². The van der Waals surface area contributed by atoms with Crippen LogP contribution < -0.4 is 5.32 Å². The van der Waals surface area contributed by atoms with Crippen molar-refractivity contribution >= 4 is 39.7 Å². The number of nitrogens with one attached hydrogen (secondary N) is 1. The van der Waals surface area contributed by atoms with Crippen LogP contribution in [0.15, 0.2) is 59.1 Å². The molecule has 2 amide bonds. The first-order valence-corrected chi connectivity index (χ1v) is 10.1. The van der Waals surface area contributed by atoms with Gasteiger partial charge in [0.2, 0.25) is 5.91 Å². The molecule has 5 nitrogen and oxygen atoms in total. The summed E-state index contributed by atoms with van der Waals surface area (Å²) in [6.45, 7) is 0.786. The molecule has 1 atom stereocenters. The maximum absolute atomic E-state index is 12.5. The van der Waals surface area contributed by atoms with Crippen molar-refractivity contribution in [3.63, 3.8) is 0 Å². The Labute approximate surface area is 165 Å². The van der Waals surface area contributed by atoms with Crippen molar-refractivity contribution in [2.75, 3.05) is 18.8 Å². The van der Waals surface area contributed by atoms with Crippen LogP contribution in [-0.2, 0) is 16.1 Å². The number of hydrogen-bond acceptors (Lipinski definition) is 4. The highest BCUT2D eigenvalue weighted by Crippen LogP contribution is 2.38. The minimum atomic E-state index is -0.589. The number of ether oxygens (including phenoxy) is 1. The third kappa shape index (κ3) is 5.02. The normalized spacial score (nSPS) is 16.3. The van der Waals surface area contributed by atoms with Gasteiger partial charge in [-0.05, 0) is 23.3 Å². The van der Waals surface area contributed by atoms with Gasteiger partial charge >= 0.3 is 6.09 Å². The third-order valence-electron chi connectivity index (χ3n) is 3.96. The first-order valence-electron chi connectivity index (χ1n) is 8.24. The summed E-state index contributed by atoms with van der Waals surface area (Å²) in [5, 5.41) is 2.53. The Morgan fingerprint density at radius 1 is 1.15 bits per heavy atom. The number of nitrogens with zero attached hydrogens (tertiary/aromatic N) is 1. The molecule has 1 unspecified atom stereocenters. The zero-order valence-electron chi connectivity index (χ0n) is 14.1. The molecule has 136 valence electrons. The SMILES string of the molecule is O=C(NCC(=O)N1CCSC1c1ccc(Br)cc1)OCc1ccccc1. The highest BCUT2D eigenvalue weighted by atomic mass is 79.9. The molecule has 2 aromatic carbocycles. The van der Waals surface area contributed by atoms with E-state index >= 15 is 0 Å². The largest absolute Gasteiger partial charge is 0.445 e. The van der Waals surface area contributed by atoms with Crippen LogP contribution in [0.1, 0.15) is 16.5 Å². The molecule has 7 heteroatoms. The molecule has 1 saturated heterocycles. The van der Waals surface area contributed by atoms with E-state index in [2.05, 4.69) is 21.2 Å². The van der Waals surface area contributed by atoms with E-state index in [9.17, 15) is 9.59 Å². The van der Waals surface area contributed by atoms with Crippen LogP contribution in [0.25, 0.3) is 0 Å². The molecule has 3 rings (SSSR count). The summed E-state index contributed by atoms with van der Waals surface area (Å²) in [5.74, 6) is 0.768. The summed E-state index contributed by atoms with van der Waals surface area (Å²) < 4.78 is 6.14.